The van der Waals surface area contributed by atoms with Crippen LogP contribution in [0.3, 0.4) is 0 Å². The van der Waals surface area contributed by atoms with Gasteiger partial charge >= 0.3 is 5.97 Å². The number of non-ortho nitro benzene ring substituents is 1. The summed E-state index contributed by atoms with van der Waals surface area (Å²) in [4.78, 5) is 34.1. The van der Waals surface area contributed by atoms with Crippen LogP contribution in [0.2, 0.25) is 0 Å². The predicted octanol–water partition coefficient (Wildman–Crippen LogP) is 1.99. The van der Waals surface area contributed by atoms with Gasteiger partial charge in [0, 0.05) is 29.6 Å². The van der Waals surface area contributed by atoms with Crippen LogP contribution in [-0.2, 0) is 9.53 Å². The smallest absolute Gasteiger partial charge is 0.341 e. The highest BCUT2D eigenvalue weighted by Gasteiger charge is 2.18. The Morgan fingerprint density at radius 2 is 1.81 bits per heavy atom. The number of nitro groups is 1. The molecule has 0 saturated carbocycles. The predicted molar refractivity (Wildman–Crippen MR) is 96.0 cm³/mol. The van der Waals surface area contributed by atoms with Gasteiger partial charge in [0.05, 0.1) is 24.7 Å². The Morgan fingerprint density at radius 3 is 2.44 bits per heavy atom. The molecule has 0 aromatic heterocycles. The van der Waals surface area contributed by atoms with Crippen molar-refractivity contribution < 1.29 is 28.7 Å². The van der Waals surface area contributed by atoms with Gasteiger partial charge in [0.2, 0.25) is 0 Å². The Bertz CT molecular complexity index is 883. The summed E-state index contributed by atoms with van der Waals surface area (Å²) < 4.78 is 15.1. The maximum absolute atomic E-state index is 12.0. The number of nitrogens with two attached hydrogens (primary N) is 1. The van der Waals surface area contributed by atoms with E-state index in [9.17, 15) is 19.7 Å². The zero-order chi connectivity index (χ0) is 20.0. The van der Waals surface area contributed by atoms with Crippen LogP contribution in [0, 0.1) is 10.1 Å². The summed E-state index contributed by atoms with van der Waals surface area (Å²) >= 11 is 0. The molecule has 0 aliphatic carbocycles. The van der Waals surface area contributed by atoms with Crippen LogP contribution in [0.1, 0.15) is 10.4 Å². The molecule has 142 valence electrons. The summed E-state index contributed by atoms with van der Waals surface area (Å²) in [6, 6.07) is 8.10. The van der Waals surface area contributed by atoms with Crippen molar-refractivity contribution >= 4 is 28.9 Å². The molecule has 2 rings (SSSR count). The number of nitro benzene ring substituents is 1. The van der Waals surface area contributed by atoms with E-state index in [0.29, 0.717) is 17.2 Å². The summed E-state index contributed by atoms with van der Waals surface area (Å²) in [6.45, 7) is -0.602. The fourth-order valence-electron chi connectivity index (χ4n) is 2.15. The number of nitrogens with zero attached hydrogens (tertiary/aromatic N) is 1. The number of anilines is 2. The molecule has 27 heavy (non-hydrogen) atoms. The average molecular weight is 375 g/mol. The fraction of sp³-hybridized carbons (Fsp3) is 0.176. The normalized spacial score (nSPS) is 10.0. The molecule has 10 heteroatoms. The maximum atomic E-state index is 12.0. The molecule has 0 fully saturated rings. The van der Waals surface area contributed by atoms with Crippen molar-refractivity contribution in [3.8, 4) is 11.5 Å². The first-order valence-electron chi connectivity index (χ1n) is 7.58. The summed E-state index contributed by atoms with van der Waals surface area (Å²) in [5.41, 5.74) is 5.54. The van der Waals surface area contributed by atoms with Crippen molar-refractivity contribution in [2.45, 2.75) is 0 Å². The van der Waals surface area contributed by atoms with Crippen molar-refractivity contribution in [3.63, 3.8) is 0 Å². The monoisotopic (exact) mass is 375 g/mol. The summed E-state index contributed by atoms with van der Waals surface area (Å²) in [7, 11) is 2.93. The van der Waals surface area contributed by atoms with Crippen LogP contribution in [0.5, 0.6) is 11.5 Å². The molecule has 0 aliphatic rings. The Kier molecular flexibility index (Phi) is 6.15. The maximum Gasteiger partial charge on any atom is 0.341 e. The minimum Gasteiger partial charge on any atom is -0.493 e. The molecule has 2 aromatic rings. The Labute approximate surface area is 154 Å². The molecule has 0 unspecified atom stereocenters. The molecule has 0 aliphatic heterocycles. The number of nitrogen functional groups attached to an aromatic ring is 1. The third-order valence-electron chi connectivity index (χ3n) is 3.47. The van der Waals surface area contributed by atoms with Gasteiger partial charge in [-0.15, -0.1) is 0 Å². The number of nitrogens with one attached hydrogen (secondary N) is 1. The van der Waals surface area contributed by atoms with Crippen molar-refractivity contribution in [1.82, 2.24) is 0 Å². The van der Waals surface area contributed by atoms with Gasteiger partial charge in [-0.1, -0.05) is 0 Å². The lowest BCUT2D eigenvalue weighted by Gasteiger charge is -2.11. The molecule has 10 nitrogen and oxygen atoms in total. The third-order valence-corrected chi connectivity index (χ3v) is 3.47. The highest BCUT2D eigenvalue weighted by atomic mass is 16.6. The van der Waals surface area contributed by atoms with Crippen molar-refractivity contribution in [2.75, 3.05) is 31.9 Å². The first kappa shape index (κ1) is 19.5. The molecule has 0 heterocycles. The van der Waals surface area contributed by atoms with Crippen molar-refractivity contribution in [2.24, 2.45) is 0 Å². The van der Waals surface area contributed by atoms with Crippen LogP contribution >= 0.6 is 0 Å². The fourth-order valence-corrected chi connectivity index (χ4v) is 2.15. The van der Waals surface area contributed by atoms with Crippen LogP contribution < -0.4 is 20.5 Å². The van der Waals surface area contributed by atoms with Crippen LogP contribution in [0.4, 0.5) is 17.1 Å². The van der Waals surface area contributed by atoms with E-state index in [0.717, 1.165) is 12.1 Å². The number of carbonyl (C=O) groups excluding carboxylic acids is 2. The molecule has 0 spiro atoms. The van der Waals surface area contributed by atoms with Crippen molar-refractivity contribution in [1.29, 1.82) is 0 Å². The molecule has 1 amide bonds. The first-order chi connectivity index (χ1) is 12.8. The van der Waals surface area contributed by atoms with Gasteiger partial charge in [-0.3, -0.25) is 14.9 Å². The molecule has 0 radical (unpaired) electrons. The average Bonchev–Trinajstić information content (AvgIpc) is 2.66. The zero-order valence-electron chi connectivity index (χ0n) is 14.6. The molecule has 2 aromatic carbocycles. The number of rotatable bonds is 7. The lowest BCUT2D eigenvalue weighted by Crippen LogP contribution is -2.21. The lowest BCUT2D eigenvalue weighted by atomic mass is 10.1. The molecule has 3 N–H and O–H groups in total. The van der Waals surface area contributed by atoms with Gasteiger partial charge in [0.1, 0.15) is 0 Å². The molecular formula is C17H17N3O7. The summed E-state index contributed by atoms with van der Waals surface area (Å²) in [5, 5.41) is 13.3. The quantitative estimate of drug-likeness (QED) is 0.324. The van der Waals surface area contributed by atoms with Crippen molar-refractivity contribution in [3.05, 3.63) is 52.1 Å². The minimum atomic E-state index is -0.946. The second-order valence-corrected chi connectivity index (χ2v) is 5.22. The first-order valence-corrected chi connectivity index (χ1v) is 7.58. The van der Waals surface area contributed by atoms with Gasteiger partial charge < -0.3 is 25.3 Å². The number of carbonyl (C=O) groups is 2. The second-order valence-electron chi connectivity index (χ2n) is 5.22. The number of benzene rings is 2. The second kappa shape index (κ2) is 8.52. The van der Waals surface area contributed by atoms with Gasteiger partial charge in [-0.05, 0) is 18.2 Å². The number of hydrogen-bond acceptors (Lipinski definition) is 8. The number of methoxy groups -OCH3 is 2. The summed E-state index contributed by atoms with van der Waals surface area (Å²) in [5.74, 6) is -0.655. The van der Waals surface area contributed by atoms with Gasteiger partial charge in [-0.25, -0.2) is 4.79 Å². The zero-order valence-corrected chi connectivity index (χ0v) is 14.6. The van der Waals surface area contributed by atoms with E-state index in [1.807, 2.05) is 0 Å². The van der Waals surface area contributed by atoms with E-state index in [2.05, 4.69) is 5.32 Å². The number of esters is 1. The highest BCUT2D eigenvalue weighted by molar-refractivity contribution is 5.98. The van der Waals surface area contributed by atoms with Gasteiger partial charge in [0.15, 0.2) is 18.1 Å². The van der Waals surface area contributed by atoms with E-state index >= 15 is 0 Å². The minimum absolute atomic E-state index is 0.00546. The van der Waals surface area contributed by atoms with E-state index < -0.39 is 23.4 Å². The standard InChI is InChI=1S/C17H17N3O7/c1-25-14-6-3-10(7-15(14)26-2)19-16(21)9-27-17(22)12-8-11(20(23)24)4-5-13(12)18/h3-8H,9,18H2,1-2H3,(H,19,21). The van der Waals surface area contributed by atoms with Crippen LogP contribution in [0.25, 0.3) is 0 Å². The van der Waals surface area contributed by atoms with Gasteiger partial charge in [-0.2, -0.15) is 0 Å². The summed E-state index contributed by atoms with van der Waals surface area (Å²) in [6.07, 6.45) is 0. The Balaban J connectivity index is 2.00. The topological polar surface area (TPSA) is 143 Å². The third kappa shape index (κ3) is 4.84. The van der Waals surface area contributed by atoms with Crippen LogP contribution in [-0.4, -0.2) is 37.6 Å². The van der Waals surface area contributed by atoms with E-state index in [1.165, 1.54) is 26.4 Å². The SMILES string of the molecule is COc1ccc(NC(=O)COC(=O)c2cc([N+](=O)[O-])ccc2N)cc1OC. The number of hydrogen-bond donors (Lipinski definition) is 2. The van der Waals surface area contributed by atoms with Gasteiger partial charge in [0.25, 0.3) is 11.6 Å². The molecule has 0 bridgehead atoms. The molecular weight excluding hydrogens is 358 g/mol. The largest absolute Gasteiger partial charge is 0.493 e. The number of amides is 1. The highest BCUT2D eigenvalue weighted by Crippen LogP contribution is 2.29. The van der Waals surface area contributed by atoms with E-state index in [1.54, 1.807) is 12.1 Å². The van der Waals surface area contributed by atoms with E-state index in [4.69, 9.17) is 19.9 Å². The molecule has 0 saturated heterocycles. The molecule has 0 atom stereocenters. The Morgan fingerprint density at radius 1 is 1.11 bits per heavy atom. The number of ether oxygens (including phenoxy) is 3. The van der Waals surface area contributed by atoms with E-state index in [-0.39, 0.29) is 16.9 Å². The van der Waals surface area contributed by atoms with Crippen LogP contribution in [0.15, 0.2) is 36.4 Å². The Hall–Kier alpha value is -3.82. The lowest BCUT2D eigenvalue weighted by molar-refractivity contribution is -0.384.